The quantitative estimate of drug-likeness (QED) is 0.582. The Labute approximate surface area is 82.7 Å². The maximum atomic E-state index is 11.0. The Morgan fingerprint density at radius 1 is 1.08 bits per heavy atom. The maximum absolute atomic E-state index is 11.0. The fourth-order valence-electron chi connectivity index (χ4n) is 1.03. The van der Waals surface area contributed by atoms with Gasteiger partial charge in [0.1, 0.15) is 0 Å². The molecule has 0 saturated carbocycles. The van der Waals surface area contributed by atoms with E-state index in [1.807, 2.05) is 5.70 Å². The van der Waals surface area contributed by atoms with Crippen molar-refractivity contribution in [3.05, 3.63) is 10.9 Å². The molecular formula is C9H20O2Si2. The Bertz CT molecular complexity index is 231. The average molecular weight is 216 g/mol. The van der Waals surface area contributed by atoms with Gasteiger partial charge in [0, 0.05) is 5.20 Å². The summed E-state index contributed by atoms with van der Waals surface area (Å²) >= 11 is 0. The molecule has 0 aromatic carbocycles. The number of carbonyl (C=O) groups is 1. The van der Waals surface area contributed by atoms with Gasteiger partial charge in [-0.2, -0.15) is 0 Å². The van der Waals surface area contributed by atoms with Gasteiger partial charge < -0.3 is 5.11 Å². The third kappa shape index (κ3) is 5.05. The lowest BCUT2D eigenvalue weighted by Crippen LogP contribution is -2.33. The van der Waals surface area contributed by atoms with Crippen LogP contribution in [0.1, 0.15) is 0 Å². The van der Waals surface area contributed by atoms with Crippen LogP contribution in [-0.4, -0.2) is 27.2 Å². The Kier molecular flexibility index (Phi) is 3.69. The first kappa shape index (κ1) is 12.6. The van der Waals surface area contributed by atoms with Crippen molar-refractivity contribution in [3.63, 3.8) is 0 Å². The minimum absolute atomic E-state index is 0.687. The Hall–Kier alpha value is -0.356. The molecule has 0 spiro atoms. The molecule has 0 aliphatic heterocycles. The number of rotatable bonds is 3. The van der Waals surface area contributed by atoms with Gasteiger partial charge in [-0.25, -0.2) is 4.79 Å². The predicted octanol–water partition coefficient (Wildman–Crippen LogP) is 2.75. The number of carboxylic acid groups (broad SMARTS) is 1. The molecule has 0 aliphatic carbocycles. The van der Waals surface area contributed by atoms with Crippen LogP contribution >= 0.6 is 0 Å². The zero-order valence-electron chi connectivity index (χ0n) is 9.43. The highest BCUT2D eigenvalue weighted by Gasteiger charge is 2.27. The summed E-state index contributed by atoms with van der Waals surface area (Å²) in [5.74, 6) is -0.721. The average Bonchev–Trinajstić information content (AvgIpc) is 1.77. The summed E-state index contributed by atoms with van der Waals surface area (Å²) < 4.78 is 0. The summed E-state index contributed by atoms with van der Waals surface area (Å²) in [4.78, 5) is 11.0. The van der Waals surface area contributed by atoms with Gasteiger partial charge in [0.15, 0.2) is 0 Å². The van der Waals surface area contributed by atoms with Gasteiger partial charge in [-0.1, -0.05) is 45.0 Å². The van der Waals surface area contributed by atoms with Gasteiger partial charge in [0.2, 0.25) is 0 Å². The van der Waals surface area contributed by atoms with E-state index in [-0.39, 0.29) is 0 Å². The highest BCUT2D eigenvalue weighted by Crippen LogP contribution is 2.18. The predicted molar refractivity (Wildman–Crippen MR) is 62.4 cm³/mol. The fraction of sp³-hybridized carbons (Fsp3) is 0.667. The van der Waals surface area contributed by atoms with Crippen LogP contribution in [0.2, 0.25) is 39.3 Å². The molecule has 0 unspecified atom stereocenters. The van der Waals surface area contributed by atoms with E-state index in [1.54, 1.807) is 0 Å². The number of carboxylic acids is 1. The number of aliphatic carboxylic acids is 1. The molecule has 0 fully saturated rings. The SMILES string of the molecule is C[Si](C)(C)/C=C(\C(=O)O)[Si](C)(C)C. The van der Waals surface area contributed by atoms with Crippen molar-refractivity contribution >= 4 is 22.1 Å². The number of hydrogen-bond acceptors (Lipinski definition) is 1. The lowest BCUT2D eigenvalue weighted by Gasteiger charge is -2.21. The van der Waals surface area contributed by atoms with Gasteiger partial charge in [-0.15, -0.1) is 0 Å². The van der Waals surface area contributed by atoms with Gasteiger partial charge in [-0.3, -0.25) is 0 Å². The molecule has 0 aromatic rings. The minimum atomic E-state index is -1.66. The van der Waals surface area contributed by atoms with Crippen molar-refractivity contribution in [1.82, 2.24) is 0 Å². The second-order valence-corrected chi connectivity index (χ2v) is 15.5. The van der Waals surface area contributed by atoms with E-state index in [9.17, 15) is 4.79 Å². The van der Waals surface area contributed by atoms with E-state index >= 15 is 0 Å². The molecular weight excluding hydrogens is 196 g/mol. The molecule has 0 amide bonds. The molecule has 0 bridgehead atoms. The topological polar surface area (TPSA) is 37.3 Å². The monoisotopic (exact) mass is 216 g/mol. The van der Waals surface area contributed by atoms with Crippen LogP contribution in [0.4, 0.5) is 0 Å². The molecule has 76 valence electrons. The molecule has 2 nitrogen and oxygen atoms in total. The standard InChI is InChI=1S/C9H20O2Si2/c1-12(2,3)7-8(9(10)11)13(4,5)6/h7H,1-6H3,(H,10,11)/b8-7+. The molecule has 0 aromatic heterocycles. The smallest absolute Gasteiger partial charge is 0.326 e. The van der Waals surface area contributed by atoms with Crippen molar-refractivity contribution in [2.24, 2.45) is 0 Å². The van der Waals surface area contributed by atoms with E-state index in [1.165, 1.54) is 0 Å². The lowest BCUT2D eigenvalue weighted by molar-refractivity contribution is -0.131. The van der Waals surface area contributed by atoms with Crippen molar-refractivity contribution in [2.45, 2.75) is 39.3 Å². The van der Waals surface area contributed by atoms with E-state index in [2.05, 4.69) is 39.3 Å². The zero-order valence-corrected chi connectivity index (χ0v) is 11.4. The van der Waals surface area contributed by atoms with Crippen molar-refractivity contribution in [3.8, 4) is 0 Å². The summed E-state index contributed by atoms with van der Waals surface area (Å²) in [6.45, 7) is 12.7. The van der Waals surface area contributed by atoms with E-state index in [0.717, 1.165) is 0 Å². The maximum Gasteiger partial charge on any atom is 0.326 e. The third-order valence-electron chi connectivity index (χ3n) is 1.62. The summed E-state index contributed by atoms with van der Waals surface area (Å²) in [5.41, 5.74) is 2.03. The third-order valence-corrected chi connectivity index (χ3v) is 5.03. The second kappa shape index (κ2) is 3.80. The normalized spacial score (nSPS) is 14.5. The van der Waals surface area contributed by atoms with Crippen molar-refractivity contribution in [2.75, 3.05) is 0 Å². The Morgan fingerprint density at radius 2 is 1.46 bits per heavy atom. The highest BCUT2D eigenvalue weighted by molar-refractivity contribution is 6.90. The molecule has 1 N–H and O–H groups in total. The van der Waals surface area contributed by atoms with Crippen LogP contribution in [0.25, 0.3) is 0 Å². The summed E-state index contributed by atoms with van der Waals surface area (Å²) in [6.07, 6.45) is 0. The summed E-state index contributed by atoms with van der Waals surface area (Å²) in [5, 5.41) is 9.75. The molecule has 0 saturated heterocycles. The van der Waals surface area contributed by atoms with Gasteiger partial charge in [0.05, 0.1) is 16.1 Å². The molecule has 0 heterocycles. The molecule has 0 atom stereocenters. The highest BCUT2D eigenvalue weighted by atomic mass is 28.3. The first-order valence-electron chi connectivity index (χ1n) is 4.51. The first-order chi connectivity index (χ1) is 5.54. The van der Waals surface area contributed by atoms with E-state index in [0.29, 0.717) is 5.20 Å². The van der Waals surface area contributed by atoms with Crippen LogP contribution in [0, 0.1) is 0 Å². The Morgan fingerprint density at radius 3 is 1.54 bits per heavy atom. The summed E-state index contributed by atoms with van der Waals surface area (Å²) in [7, 11) is -3.06. The Balaban J connectivity index is 5.06. The lowest BCUT2D eigenvalue weighted by atomic mass is 10.6. The number of hydrogen-bond donors (Lipinski definition) is 1. The second-order valence-electron chi connectivity index (χ2n) is 5.48. The van der Waals surface area contributed by atoms with Gasteiger partial charge in [0.25, 0.3) is 0 Å². The molecule has 0 aliphatic rings. The van der Waals surface area contributed by atoms with E-state index in [4.69, 9.17) is 5.11 Å². The molecule has 0 radical (unpaired) electrons. The largest absolute Gasteiger partial charge is 0.478 e. The van der Waals surface area contributed by atoms with Crippen LogP contribution in [0.15, 0.2) is 10.9 Å². The van der Waals surface area contributed by atoms with Gasteiger partial charge in [-0.05, 0) is 0 Å². The van der Waals surface area contributed by atoms with Crippen LogP contribution < -0.4 is 0 Å². The molecule has 0 rings (SSSR count). The first-order valence-corrected chi connectivity index (χ1v) is 11.6. The summed E-state index contributed by atoms with van der Waals surface area (Å²) in [6, 6.07) is 0. The molecule has 13 heavy (non-hydrogen) atoms. The van der Waals surface area contributed by atoms with Crippen LogP contribution in [0.5, 0.6) is 0 Å². The minimum Gasteiger partial charge on any atom is -0.478 e. The van der Waals surface area contributed by atoms with E-state index < -0.39 is 22.1 Å². The van der Waals surface area contributed by atoms with Crippen molar-refractivity contribution < 1.29 is 9.90 Å². The molecule has 4 heteroatoms. The van der Waals surface area contributed by atoms with Crippen LogP contribution in [0.3, 0.4) is 0 Å². The van der Waals surface area contributed by atoms with Gasteiger partial charge >= 0.3 is 5.97 Å². The fourth-order valence-corrected chi connectivity index (χ4v) is 5.69. The zero-order chi connectivity index (χ0) is 10.9. The van der Waals surface area contributed by atoms with Crippen LogP contribution in [-0.2, 0) is 4.79 Å². The van der Waals surface area contributed by atoms with Crippen molar-refractivity contribution in [1.29, 1.82) is 0 Å².